The van der Waals surface area contributed by atoms with E-state index in [4.69, 9.17) is 10.8 Å². The van der Waals surface area contributed by atoms with Gasteiger partial charge in [-0.1, -0.05) is 44.1 Å². The number of urea groups is 1. The first kappa shape index (κ1) is 30.6. The zero-order valence-corrected chi connectivity index (χ0v) is 23.5. The van der Waals surface area contributed by atoms with Crippen LogP contribution in [0.1, 0.15) is 91.4 Å². The topological polar surface area (TPSA) is 144 Å². The number of rotatable bonds is 5. The number of piperidine rings is 1. The molecule has 6 N–H and O–H groups in total. The molecule has 1 aliphatic heterocycles. The number of hydrogen-bond donors (Lipinski definition) is 5. The van der Waals surface area contributed by atoms with E-state index < -0.39 is 24.3 Å². The minimum Gasteiger partial charge on any atom is -0.481 e. The molecule has 4 rings (SSSR count). The molecule has 4 fully saturated rings. The number of carboxylic acids is 1. The van der Waals surface area contributed by atoms with E-state index in [0.717, 1.165) is 63.6 Å². The summed E-state index contributed by atoms with van der Waals surface area (Å²) < 4.78 is 0. The molecule has 0 aromatic rings. The first-order valence-corrected chi connectivity index (χ1v) is 14.6. The van der Waals surface area contributed by atoms with Gasteiger partial charge in [-0.25, -0.2) is 4.79 Å². The maximum Gasteiger partial charge on any atom is 0.314 e. The molecule has 0 bridgehead atoms. The Morgan fingerprint density at radius 2 is 1.76 bits per heavy atom. The number of aliphatic hydroxyl groups excluding tert-OH is 3. The molecule has 3 saturated carbocycles. The van der Waals surface area contributed by atoms with Crippen LogP contribution >= 0.6 is 0 Å². The van der Waals surface area contributed by atoms with Crippen LogP contribution in [-0.4, -0.2) is 68.7 Å². The summed E-state index contributed by atoms with van der Waals surface area (Å²) in [5.41, 5.74) is 7.71. The number of fused-ring (bicyclic) bond motifs is 1. The summed E-state index contributed by atoms with van der Waals surface area (Å²) in [6.07, 6.45) is 12.4. The lowest BCUT2D eigenvalue weighted by Crippen LogP contribution is -2.39. The van der Waals surface area contributed by atoms with Crippen LogP contribution < -0.4 is 5.73 Å². The highest BCUT2D eigenvalue weighted by Crippen LogP contribution is 2.59. The molecule has 3 aliphatic carbocycles. The van der Waals surface area contributed by atoms with Gasteiger partial charge in [-0.3, -0.25) is 4.79 Å². The van der Waals surface area contributed by atoms with Crippen LogP contribution in [0.4, 0.5) is 4.79 Å². The first-order valence-electron chi connectivity index (χ1n) is 14.6. The normalized spacial score (nSPS) is 37.2. The van der Waals surface area contributed by atoms with Gasteiger partial charge >= 0.3 is 12.0 Å². The van der Waals surface area contributed by atoms with Gasteiger partial charge in [0, 0.05) is 25.4 Å². The van der Waals surface area contributed by atoms with Gasteiger partial charge in [0.1, 0.15) is 0 Å². The van der Waals surface area contributed by atoms with Crippen molar-refractivity contribution in [3.05, 3.63) is 23.3 Å². The number of primary amides is 1. The molecule has 216 valence electrons. The summed E-state index contributed by atoms with van der Waals surface area (Å²) in [5, 5.41) is 39.7. The minimum absolute atomic E-state index is 0.0255. The molecule has 8 nitrogen and oxygen atoms in total. The number of carbonyl (C=O) groups excluding carboxylic acids is 1. The van der Waals surface area contributed by atoms with E-state index in [1.165, 1.54) is 12.0 Å². The van der Waals surface area contributed by atoms with E-state index in [1.807, 2.05) is 13.8 Å². The first-order chi connectivity index (χ1) is 17.9. The number of amides is 2. The van der Waals surface area contributed by atoms with E-state index in [1.54, 1.807) is 4.90 Å². The average Bonchev–Trinajstić information content (AvgIpc) is 3.22. The average molecular weight is 535 g/mol. The molecule has 1 unspecified atom stereocenters. The van der Waals surface area contributed by atoms with Crippen molar-refractivity contribution in [2.24, 2.45) is 34.8 Å². The Morgan fingerprint density at radius 1 is 1.11 bits per heavy atom. The molecule has 4 aliphatic rings. The zero-order valence-electron chi connectivity index (χ0n) is 23.5. The van der Waals surface area contributed by atoms with Crippen molar-refractivity contribution in [1.29, 1.82) is 0 Å². The van der Waals surface area contributed by atoms with Crippen molar-refractivity contribution in [3.8, 4) is 0 Å². The molecule has 1 heterocycles. The smallest absolute Gasteiger partial charge is 0.314 e. The number of aliphatic hydroxyl groups is 3. The van der Waals surface area contributed by atoms with Crippen LogP contribution in [0.2, 0.25) is 0 Å². The van der Waals surface area contributed by atoms with Crippen LogP contribution in [0, 0.1) is 29.1 Å². The Balaban J connectivity index is 0.000000375. The number of hydrogen-bond acceptors (Lipinski definition) is 5. The number of allylic oxidation sites excluding steroid dienone is 3. The van der Waals surface area contributed by atoms with E-state index in [-0.39, 0.29) is 29.7 Å². The second kappa shape index (κ2) is 13.4. The van der Waals surface area contributed by atoms with Crippen LogP contribution in [-0.2, 0) is 4.79 Å². The maximum atomic E-state index is 11.0. The predicted molar refractivity (Wildman–Crippen MR) is 147 cm³/mol. The van der Waals surface area contributed by atoms with Gasteiger partial charge in [-0.15, -0.1) is 0 Å². The molecule has 8 heteroatoms. The number of carboxylic acid groups (broad SMARTS) is 1. The summed E-state index contributed by atoms with van der Waals surface area (Å²) in [7, 11) is 0. The second-order valence-electron chi connectivity index (χ2n) is 12.4. The van der Waals surface area contributed by atoms with Gasteiger partial charge in [-0.05, 0) is 81.0 Å². The third-order valence-corrected chi connectivity index (χ3v) is 9.99. The van der Waals surface area contributed by atoms with Crippen LogP contribution in [0.3, 0.4) is 0 Å². The lowest BCUT2D eigenvalue weighted by Gasteiger charge is -2.45. The largest absolute Gasteiger partial charge is 0.481 e. The summed E-state index contributed by atoms with van der Waals surface area (Å²) >= 11 is 0. The zero-order chi connectivity index (χ0) is 28.0. The fraction of sp³-hybridized carbons (Fsp3) is 0.800. The third kappa shape index (κ3) is 7.39. The molecule has 8 atom stereocenters. The maximum absolute atomic E-state index is 11.0. The Kier molecular flexibility index (Phi) is 10.8. The monoisotopic (exact) mass is 534 g/mol. The van der Waals surface area contributed by atoms with Crippen molar-refractivity contribution in [2.75, 3.05) is 13.1 Å². The van der Waals surface area contributed by atoms with Crippen molar-refractivity contribution < 1.29 is 30.0 Å². The molecular weight excluding hydrogens is 484 g/mol. The fourth-order valence-corrected chi connectivity index (χ4v) is 7.60. The minimum atomic E-state index is -0.939. The molecule has 0 aromatic carbocycles. The molecule has 2 amide bonds. The second-order valence-corrected chi connectivity index (χ2v) is 12.4. The molecule has 0 spiro atoms. The predicted octanol–water partition coefficient (Wildman–Crippen LogP) is 4.23. The van der Waals surface area contributed by atoms with Crippen molar-refractivity contribution in [2.45, 2.75) is 110 Å². The highest BCUT2D eigenvalue weighted by Gasteiger charge is 2.51. The molecule has 0 aromatic heterocycles. The Morgan fingerprint density at radius 3 is 2.37 bits per heavy atom. The SMILES string of the molecule is C[C@@H]1/C(=C/C=C2CCC[C@]3(C)[C@@H]([C@H](C)C(O)CC(=O)O)CC[C@@H]23)C[C@@H](O)C[C@@H]1O.NC(=O)N1CCCCC1. The highest BCUT2D eigenvalue weighted by atomic mass is 16.4. The van der Waals surface area contributed by atoms with Gasteiger partial charge in [0.2, 0.25) is 0 Å². The Hall–Kier alpha value is -1.90. The molecule has 38 heavy (non-hydrogen) atoms. The summed E-state index contributed by atoms with van der Waals surface area (Å²) in [4.78, 5) is 23.2. The van der Waals surface area contributed by atoms with Gasteiger partial charge in [0.15, 0.2) is 0 Å². The number of carbonyl (C=O) groups is 2. The van der Waals surface area contributed by atoms with Gasteiger partial charge in [-0.2, -0.15) is 0 Å². The van der Waals surface area contributed by atoms with Crippen molar-refractivity contribution in [3.63, 3.8) is 0 Å². The summed E-state index contributed by atoms with van der Waals surface area (Å²) in [5.74, 6) is -0.0946. The Bertz CT molecular complexity index is 882. The van der Waals surface area contributed by atoms with E-state index in [9.17, 15) is 24.9 Å². The highest BCUT2D eigenvalue weighted by molar-refractivity contribution is 5.72. The molecular formula is C30H50N2O6. The van der Waals surface area contributed by atoms with Gasteiger partial charge < -0.3 is 31.1 Å². The van der Waals surface area contributed by atoms with Gasteiger partial charge in [0.25, 0.3) is 0 Å². The van der Waals surface area contributed by atoms with Crippen LogP contribution in [0.15, 0.2) is 23.3 Å². The van der Waals surface area contributed by atoms with E-state index >= 15 is 0 Å². The fourth-order valence-electron chi connectivity index (χ4n) is 7.60. The summed E-state index contributed by atoms with van der Waals surface area (Å²) in [6, 6.07) is -0.269. The lowest BCUT2D eigenvalue weighted by molar-refractivity contribution is -0.140. The lowest BCUT2D eigenvalue weighted by atomic mass is 9.60. The van der Waals surface area contributed by atoms with Crippen molar-refractivity contribution in [1.82, 2.24) is 4.90 Å². The molecule has 1 saturated heterocycles. The standard InChI is InChI=1S/C24H38O5.C6H12N2O/c1-14-17(11-18(25)12-21(14)26)7-6-16-5-4-10-24(3)19(8-9-20(16)24)15(2)22(27)13-23(28)29;7-6(9)8-4-2-1-3-5-8/h6-7,14-15,18-22,25-27H,4-5,8-13H2,1-3H3,(H,28,29);1-5H2,(H2,7,9)/b16-6?,17-7+;/t14-,15+,18-,19-,20+,21+,22?,24-;/m1./s1. The number of likely N-dealkylation sites (tertiary alicyclic amines) is 1. The van der Waals surface area contributed by atoms with Crippen LogP contribution in [0.25, 0.3) is 0 Å². The van der Waals surface area contributed by atoms with Crippen molar-refractivity contribution >= 4 is 12.0 Å². The van der Waals surface area contributed by atoms with E-state index in [2.05, 4.69) is 19.1 Å². The number of nitrogens with two attached hydrogens (primary N) is 1. The number of nitrogens with zero attached hydrogens (tertiary/aromatic N) is 1. The van der Waals surface area contributed by atoms with E-state index in [0.29, 0.717) is 24.7 Å². The number of aliphatic carboxylic acids is 1. The Labute approximate surface area is 228 Å². The third-order valence-electron chi connectivity index (χ3n) is 9.99. The van der Waals surface area contributed by atoms with Gasteiger partial charge in [0.05, 0.1) is 24.7 Å². The quantitative estimate of drug-likeness (QED) is 0.357. The van der Waals surface area contributed by atoms with Crippen LogP contribution in [0.5, 0.6) is 0 Å². The summed E-state index contributed by atoms with van der Waals surface area (Å²) in [6.45, 7) is 8.09. The molecule has 0 radical (unpaired) electrons.